The van der Waals surface area contributed by atoms with Crippen LogP contribution in [0.4, 0.5) is 0 Å². The molecule has 8 heteroatoms. The third-order valence-corrected chi connectivity index (χ3v) is 6.04. The van der Waals surface area contributed by atoms with Crippen LogP contribution in [0, 0.1) is 5.92 Å². The van der Waals surface area contributed by atoms with Gasteiger partial charge in [-0.05, 0) is 30.2 Å². The summed E-state index contributed by atoms with van der Waals surface area (Å²) < 4.78 is 31.9. The number of ether oxygens (including phenoxy) is 1. The van der Waals surface area contributed by atoms with Crippen molar-refractivity contribution in [3.05, 3.63) is 42.5 Å². The smallest absolute Gasteiger partial charge is 0.251 e. The van der Waals surface area contributed by atoms with Gasteiger partial charge in [0.05, 0.1) is 18.1 Å². The fraction of sp³-hybridized carbons (Fsp3) is 0.526. The SMILES string of the molecule is C=CCNS(=O)(=O)c1ccc(C(=O)NCC(C(C)C)N2CCOCC2)cc1. The lowest BCUT2D eigenvalue weighted by Crippen LogP contribution is -2.51. The van der Waals surface area contributed by atoms with Gasteiger partial charge < -0.3 is 10.1 Å². The number of hydrogen-bond donors (Lipinski definition) is 2. The van der Waals surface area contributed by atoms with E-state index in [1.54, 1.807) is 0 Å². The van der Waals surface area contributed by atoms with Crippen molar-refractivity contribution in [2.75, 3.05) is 39.4 Å². The molecular weight excluding hydrogens is 366 g/mol. The molecule has 0 radical (unpaired) electrons. The van der Waals surface area contributed by atoms with E-state index in [0.717, 1.165) is 13.1 Å². The first kappa shape index (κ1) is 21.6. The Morgan fingerprint density at radius 1 is 1.26 bits per heavy atom. The van der Waals surface area contributed by atoms with Crippen LogP contribution in [0.15, 0.2) is 41.8 Å². The van der Waals surface area contributed by atoms with E-state index in [2.05, 4.69) is 35.4 Å². The van der Waals surface area contributed by atoms with Crippen molar-refractivity contribution in [2.45, 2.75) is 24.8 Å². The summed E-state index contributed by atoms with van der Waals surface area (Å²) >= 11 is 0. The van der Waals surface area contributed by atoms with Gasteiger partial charge >= 0.3 is 0 Å². The van der Waals surface area contributed by atoms with Crippen LogP contribution in [0.3, 0.4) is 0 Å². The lowest BCUT2D eigenvalue weighted by molar-refractivity contribution is 0.00672. The van der Waals surface area contributed by atoms with E-state index in [1.807, 2.05) is 0 Å². The van der Waals surface area contributed by atoms with Gasteiger partial charge in [-0.15, -0.1) is 6.58 Å². The maximum atomic E-state index is 12.5. The first-order valence-corrected chi connectivity index (χ1v) is 10.6. The third-order valence-electron chi connectivity index (χ3n) is 4.60. The zero-order valence-corrected chi connectivity index (χ0v) is 16.8. The Morgan fingerprint density at radius 3 is 2.44 bits per heavy atom. The topological polar surface area (TPSA) is 87.7 Å². The molecule has 1 aromatic carbocycles. The Kier molecular flexibility index (Phi) is 7.97. The van der Waals surface area contributed by atoms with Gasteiger partial charge in [-0.1, -0.05) is 19.9 Å². The van der Waals surface area contributed by atoms with Gasteiger partial charge in [0.25, 0.3) is 5.91 Å². The summed E-state index contributed by atoms with van der Waals surface area (Å²) in [5, 5.41) is 2.97. The van der Waals surface area contributed by atoms with E-state index in [4.69, 9.17) is 4.74 Å². The lowest BCUT2D eigenvalue weighted by Gasteiger charge is -2.36. The first-order chi connectivity index (χ1) is 12.8. The van der Waals surface area contributed by atoms with E-state index < -0.39 is 10.0 Å². The average molecular weight is 396 g/mol. The Bertz CT molecular complexity index is 726. The molecule has 1 aliphatic heterocycles. The molecule has 1 aliphatic rings. The number of nitrogens with one attached hydrogen (secondary N) is 2. The highest BCUT2D eigenvalue weighted by Gasteiger charge is 2.24. The number of nitrogens with zero attached hydrogens (tertiary/aromatic N) is 1. The molecule has 7 nitrogen and oxygen atoms in total. The van der Waals surface area contributed by atoms with E-state index in [0.29, 0.717) is 31.2 Å². The minimum absolute atomic E-state index is 0.120. The zero-order valence-electron chi connectivity index (χ0n) is 16.0. The second-order valence-electron chi connectivity index (χ2n) is 6.83. The van der Waals surface area contributed by atoms with Gasteiger partial charge in [0.2, 0.25) is 10.0 Å². The summed E-state index contributed by atoms with van der Waals surface area (Å²) in [4.78, 5) is 14.9. The van der Waals surface area contributed by atoms with Gasteiger partial charge in [-0.2, -0.15) is 0 Å². The molecule has 0 bridgehead atoms. The van der Waals surface area contributed by atoms with Crippen LogP contribution >= 0.6 is 0 Å². The molecule has 1 unspecified atom stereocenters. The molecule has 0 saturated carbocycles. The molecule has 0 spiro atoms. The van der Waals surface area contributed by atoms with Crippen molar-refractivity contribution < 1.29 is 17.9 Å². The number of carbonyl (C=O) groups is 1. The fourth-order valence-corrected chi connectivity index (χ4v) is 4.03. The molecule has 1 heterocycles. The molecular formula is C19H29N3O4S. The van der Waals surface area contributed by atoms with Crippen LogP contribution < -0.4 is 10.0 Å². The summed E-state index contributed by atoms with van der Waals surface area (Å²) in [6.45, 7) is 11.6. The third kappa shape index (κ3) is 6.14. The Hall–Kier alpha value is -1.74. The predicted octanol–water partition coefficient (Wildman–Crippen LogP) is 1.24. The molecule has 1 amide bonds. The fourth-order valence-electron chi connectivity index (χ4n) is 3.03. The van der Waals surface area contributed by atoms with E-state index >= 15 is 0 Å². The van der Waals surface area contributed by atoms with Crippen molar-refractivity contribution in [3.63, 3.8) is 0 Å². The first-order valence-electron chi connectivity index (χ1n) is 9.15. The predicted molar refractivity (Wildman–Crippen MR) is 105 cm³/mol. The molecule has 0 aliphatic carbocycles. The number of morpholine rings is 1. The zero-order chi connectivity index (χ0) is 19.9. The molecule has 1 aromatic rings. The quantitative estimate of drug-likeness (QED) is 0.614. The second kappa shape index (κ2) is 9.98. The van der Waals surface area contributed by atoms with Crippen LogP contribution in [0.1, 0.15) is 24.2 Å². The minimum Gasteiger partial charge on any atom is -0.379 e. The molecule has 0 aromatic heterocycles. The largest absolute Gasteiger partial charge is 0.379 e. The standard InChI is InChI=1S/C19H29N3O4S/c1-4-9-21-27(24,25)17-7-5-16(6-8-17)19(23)20-14-18(15(2)3)22-10-12-26-13-11-22/h4-8,15,18,21H,1,9-14H2,2-3H3,(H,20,23). The van der Waals surface area contributed by atoms with E-state index in [1.165, 1.54) is 30.3 Å². The molecule has 150 valence electrons. The van der Waals surface area contributed by atoms with Crippen molar-refractivity contribution in [3.8, 4) is 0 Å². The van der Waals surface area contributed by atoms with Crippen molar-refractivity contribution >= 4 is 15.9 Å². The van der Waals surface area contributed by atoms with Crippen molar-refractivity contribution in [1.82, 2.24) is 14.9 Å². The van der Waals surface area contributed by atoms with Crippen LogP contribution in [0.2, 0.25) is 0 Å². The minimum atomic E-state index is -3.59. The summed E-state index contributed by atoms with van der Waals surface area (Å²) in [7, 11) is -3.59. The van der Waals surface area contributed by atoms with Crippen molar-refractivity contribution in [1.29, 1.82) is 0 Å². The summed E-state index contributed by atoms with van der Waals surface area (Å²) in [5.74, 6) is 0.184. The number of benzene rings is 1. The van der Waals surface area contributed by atoms with Crippen LogP contribution in [0.5, 0.6) is 0 Å². The van der Waals surface area contributed by atoms with Gasteiger partial charge in [-0.3, -0.25) is 9.69 Å². The second-order valence-corrected chi connectivity index (χ2v) is 8.60. The molecule has 1 fully saturated rings. The molecule has 2 rings (SSSR count). The number of amides is 1. The highest BCUT2D eigenvalue weighted by atomic mass is 32.2. The molecule has 27 heavy (non-hydrogen) atoms. The highest BCUT2D eigenvalue weighted by molar-refractivity contribution is 7.89. The molecule has 1 atom stereocenters. The lowest BCUT2D eigenvalue weighted by atomic mass is 10.0. The number of rotatable bonds is 9. The van der Waals surface area contributed by atoms with Crippen LogP contribution in [-0.2, 0) is 14.8 Å². The van der Waals surface area contributed by atoms with Crippen LogP contribution in [-0.4, -0.2) is 64.7 Å². The van der Waals surface area contributed by atoms with E-state index in [9.17, 15) is 13.2 Å². The average Bonchev–Trinajstić information content (AvgIpc) is 2.67. The molecule has 1 saturated heterocycles. The Labute approximate surface area is 161 Å². The summed E-state index contributed by atoms with van der Waals surface area (Å²) in [5.41, 5.74) is 0.433. The summed E-state index contributed by atoms with van der Waals surface area (Å²) in [6.07, 6.45) is 1.47. The molecule has 2 N–H and O–H groups in total. The number of hydrogen-bond acceptors (Lipinski definition) is 5. The Balaban J connectivity index is 1.97. The van der Waals surface area contributed by atoms with Gasteiger partial charge in [0, 0.05) is 37.8 Å². The van der Waals surface area contributed by atoms with Crippen molar-refractivity contribution in [2.24, 2.45) is 5.92 Å². The monoisotopic (exact) mass is 395 g/mol. The highest BCUT2D eigenvalue weighted by Crippen LogP contribution is 2.13. The summed E-state index contributed by atoms with van der Waals surface area (Å²) in [6, 6.07) is 6.15. The van der Waals surface area contributed by atoms with Crippen LogP contribution in [0.25, 0.3) is 0 Å². The number of sulfonamides is 1. The van der Waals surface area contributed by atoms with Gasteiger partial charge in [-0.25, -0.2) is 13.1 Å². The normalized spacial score (nSPS) is 16.9. The maximum absolute atomic E-state index is 12.5. The van der Waals surface area contributed by atoms with E-state index in [-0.39, 0.29) is 23.4 Å². The van der Waals surface area contributed by atoms with Gasteiger partial charge in [0.1, 0.15) is 0 Å². The maximum Gasteiger partial charge on any atom is 0.251 e. The number of carbonyl (C=O) groups excluding carboxylic acids is 1. The van der Waals surface area contributed by atoms with Gasteiger partial charge in [0.15, 0.2) is 0 Å². The Morgan fingerprint density at radius 2 is 1.89 bits per heavy atom.